The predicted octanol–water partition coefficient (Wildman–Crippen LogP) is 1.47. The summed E-state index contributed by atoms with van der Waals surface area (Å²) in [7, 11) is 0. The zero-order valence-electron chi connectivity index (χ0n) is 10.1. The van der Waals surface area contributed by atoms with E-state index in [4.69, 9.17) is 0 Å². The Bertz CT molecular complexity index is 328. The van der Waals surface area contributed by atoms with Crippen LogP contribution >= 0.6 is 0 Å². The van der Waals surface area contributed by atoms with Gasteiger partial charge in [-0.1, -0.05) is 12.8 Å². The smallest absolute Gasteiger partial charge is 0.317 e. The second-order valence-electron chi connectivity index (χ2n) is 4.43. The Morgan fingerprint density at radius 2 is 2.00 bits per heavy atom. The Morgan fingerprint density at radius 1 is 1.24 bits per heavy atom. The van der Waals surface area contributed by atoms with E-state index < -0.39 is 0 Å². The molecule has 0 bridgehead atoms. The molecule has 2 amide bonds. The molecule has 1 saturated heterocycles. The number of amides is 2. The maximum atomic E-state index is 11.9. The first-order valence-electron chi connectivity index (χ1n) is 6.35. The van der Waals surface area contributed by atoms with E-state index in [0.29, 0.717) is 6.54 Å². The van der Waals surface area contributed by atoms with Crippen LogP contribution in [0.15, 0.2) is 18.7 Å². The van der Waals surface area contributed by atoms with Crippen LogP contribution in [0.1, 0.15) is 25.7 Å². The van der Waals surface area contributed by atoms with Crippen molar-refractivity contribution in [2.75, 3.05) is 19.6 Å². The number of nitrogens with zero attached hydrogens (tertiary/aromatic N) is 3. The summed E-state index contributed by atoms with van der Waals surface area (Å²) in [6.45, 7) is 3.24. The number of likely N-dealkylation sites (tertiary alicyclic amines) is 1. The SMILES string of the molecule is O=C(NCCn1ccnc1)N1CCCCCC1. The van der Waals surface area contributed by atoms with Gasteiger partial charge in [0.2, 0.25) is 0 Å². The largest absolute Gasteiger partial charge is 0.336 e. The van der Waals surface area contributed by atoms with E-state index >= 15 is 0 Å². The number of hydrogen-bond donors (Lipinski definition) is 1. The number of carbonyl (C=O) groups is 1. The van der Waals surface area contributed by atoms with Crippen LogP contribution in [0.4, 0.5) is 4.79 Å². The fraction of sp³-hybridized carbons (Fsp3) is 0.667. The number of rotatable bonds is 3. The Labute approximate surface area is 102 Å². The van der Waals surface area contributed by atoms with Gasteiger partial charge in [0.05, 0.1) is 6.33 Å². The third kappa shape index (κ3) is 3.76. The molecule has 1 aliphatic heterocycles. The van der Waals surface area contributed by atoms with E-state index in [9.17, 15) is 4.79 Å². The van der Waals surface area contributed by atoms with Crippen LogP contribution in [0.5, 0.6) is 0 Å². The van der Waals surface area contributed by atoms with Crippen LogP contribution in [-0.2, 0) is 6.54 Å². The summed E-state index contributed by atoms with van der Waals surface area (Å²) in [4.78, 5) is 17.8. The normalized spacial score (nSPS) is 16.6. The van der Waals surface area contributed by atoms with Gasteiger partial charge in [-0.15, -0.1) is 0 Å². The van der Waals surface area contributed by atoms with Gasteiger partial charge in [-0.05, 0) is 12.8 Å². The molecule has 1 aromatic heterocycles. The summed E-state index contributed by atoms with van der Waals surface area (Å²) >= 11 is 0. The average Bonchev–Trinajstić information content (AvgIpc) is 2.69. The summed E-state index contributed by atoms with van der Waals surface area (Å²) in [5.41, 5.74) is 0. The quantitative estimate of drug-likeness (QED) is 0.864. The van der Waals surface area contributed by atoms with E-state index in [1.807, 2.05) is 15.7 Å². The monoisotopic (exact) mass is 236 g/mol. The van der Waals surface area contributed by atoms with Crippen molar-refractivity contribution < 1.29 is 4.79 Å². The zero-order chi connectivity index (χ0) is 11.9. The number of carbonyl (C=O) groups excluding carboxylic acids is 1. The van der Waals surface area contributed by atoms with Crippen LogP contribution in [0.3, 0.4) is 0 Å². The molecule has 17 heavy (non-hydrogen) atoms. The second-order valence-corrected chi connectivity index (χ2v) is 4.43. The molecule has 0 unspecified atom stereocenters. The van der Waals surface area contributed by atoms with Gasteiger partial charge in [-0.2, -0.15) is 0 Å². The van der Waals surface area contributed by atoms with Gasteiger partial charge in [0.25, 0.3) is 0 Å². The standard InChI is InChI=1S/C12H20N4O/c17-12(16-7-3-1-2-4-8-16)14-6-10-15-9-5-13-11-15/h5,9,11H,1-4,6-8,10H2,(H,14,17). The molecular weight excluding hydrogens is 216 g/mol. The van der Waals surface area contributed by atoms with Crippen molar-refractivity contribution in [3.63, 3.8) is 0 Å². The minimum absolute atomic E-state index is 0.0759. The Balaban J connectivity index is 1.69. The van der Waals surface area contributed by atoms with Gasteiger partial charge in [-0.25, -0.2) is 9.78 Å². The highest BCUT2D eigenvalue weighted by Crippen LogP contribution is 2.09. The summed E-state index contributed by atoms with van der Waals surface area (Å²) in [5, 5.41) is 2.96. The molecule has 5 heteroatoms. The molecule has 0 aliphatic carbocycles. The van der Waals surface area contributed by atoms with Crippen molar-refractivity contribution in [1.29, 1.82) is 0 Å². The lowest BCUT2D eigenvalue weighted by atomic mass is 10.2. The van der Waals surface area contributed by atoms with Crippen molar-refractivity contribution in [3.05, 3.63) is 18.7 Å². The van der Waals surface area contributed by atoms with E-state index in [1.54, 1.807) is 12.5 Å². The fourth-order valence-corrected chi connectivity index (χ4v) is 2.10. The third-order valence-corrected chi connectivity index (χ3v) is 3.10. The molecule has 0 radical (unpaired) electrons. The maximum Gasteiger partial charge on any atom is 0.317 e. The van der Waals surface area contributed by atoms with E-state index in [1.165, 1.54) is 12.8 Å². The van der Waals surface area contributed by atoms with Crippen LogP contribution in [0.25, 0.3) is 0 Å². The van der Waals surface area contributed by atoms with Gasteiger partial charge in [0, 0.05) is 38.6 Å². The fourth-order valence-electron chi connectivity index (χ4n) is 2.10. The topological polar surface area (TPSA) is 50.2 Å². The summed E-state index contributed by atoms with van der Waals surface area (Å²) < 4.78 is 1.96. The first kappa shape index (κ1) is 12.0. The number of aromatic nitrogens is 2. The highest BCUT2D eigenvalue weighted by Gasteiger charge is 2.14. The van der Waals surface area contributed by atoms with Gasteiger partial charge in [-0.3, -0.25) is 0 Å². The van der Waals surface area contributed by atoms with Gasteiger partial charge >= 0.3 is 6.03 Å². The molecule has 0 saturated carbocycles. The summed E-state index contributed by atoms with van der Waals surface area (Å²) in [6, 6.07) is 0.0759. The molecule has 2 heterocycles. The number of urea groups is 1. The molecule has 1 fully saturated rings. The molecule has 94 valence electrons. The van der Waals surface area contributed by atoms with Crippen molar-refractivity contribution in [3.8, 4) is 0 Å². The van der Waals surface area contributed by atoms with Crippen LogP contribution in [-0.4, -0.2) is 40.1 Å². The first-order valence-corrected chi connectivity index (χ1v) is 6.35. The molecule has 1 aromatic rings. The highest BCUT2D eigenvalue weighted by atomic mass is 16.2. The Kier molecular flexibility index (Phi) is 4.41. The molecule has 1 aliphatic rings. The summed E-state index contributed by atoms with van der Waals surface area (Å²) in [6.07, 6.45) is 10.2. The average molecular weight is 236 g/mol. The van der Waals surface area contributed by atoms with Crippen molar-refractivity contribution >= 4 is 6.03 Å². The van der Waals surface area contributed by atoms with Gasteiger partial charge in [0.15, 0.2) is 0 Å². The van der Waals surface area contributed by atoms with Crippen LogP contribution in [0, 0.1) is 0 Å². The van der Waals surface area contributed by atoms with Crippen molar-refractivity contribution in [1.82, 2.24) is 19.8 Å². The van der Waals surface area contributed by atoms with E-state index in [0.717, 1.165) is 32.5 Å². The number of imidazole rings is 1. The van der Waals surface area contributed by atoms with Crippen LogP contribution in [0.2, 0.25) is 0 Å². The molecule has 0 spiro atoms. The molecule has 0 atom stereocenters. The van der Waals surface area contributed by atoms with Crippen molar-refractivity contribution in [2.24, 2.45) is 0 Å². The highest BCUT2D eigenvalue weighted by molar-refractivity contribution is 5.74. The lowest BCUT2D eigenvalue weighted by Gasteiger charge is -2.20. The Morgan fingerprint density at radius 3 is 2.65 bits per heavy atom. The van der Waals surface area contributed by atoms with E-state index in [-0.39, 0.29) is 6.03 Å². The first-order chi connectivity index (χ1) is 8.36. The second kappa shape index (κ2) is 6.27. The minimum atomic E-state index is 0.0759. The van der Waals surface area contributed by atoms with E-state index in [2.05, 4.69) is 10.3 Å². The predicted molar refractivity (Wildman–Crippen MR) is 65.7 cm³/mol. The molecule has 1 N–H and O–H groups in total. The third-order valence-electron chi connectivity index (χ3n) is 3.10. The minimum Gasteiger partial charge on any atom is -0.336 e. The maximum absolute atomic E-state index is 11.9. The van der Waals surface area contributed by atoms with Crippen molar-refractivity contribution in [2.45, 2.75) is 32.2 Å². The van der Waals surface area contributed by atoms with Gasteiger partial charge < -0.3 is 14.8 Å². The lowest BCUT2D eigenvalue weighted by Crippen LogP contribution is -2.41. The number of hydrogen-bond acceptors (Lipinski definition) is 2. The lowest BCUT2D eigenvalue weighted by molar-refractivity contribution is 0.199. The zero-order valence-corrected chi connectivity index (χ0v) is 10.1. The van der Waals surface area contributed by atoms with Gasteiger partial charge in [0.1, 0.15) is 0 Å². The molecular formula is C12H20N4O. The van der Waals surface area contributed by atoms with Crippen LogP contribution < -0.4 is 5.32 Å². The summed E-state index contributed by atoms with van der Waals surface area (Å²) in [5.74, 6) is 0. The molecule has 0 aromatic carbocycles. The molecule has 5 nitrogen and oxygen atoms in total. The number of nitrogens with one attached hydrogen (secondary N) is 1. The molecule has 2 rings (SSSR count). The Hall–Kier alpha value is -1.52.